The van der Waals surface area contributed by atoms with Gasteiger partial charge in [0.1, 0.15) is 17.3 Å². The normalized spacial score (nSPS) is 10.6. The van der Waals surface area contributed by atoms with Gasteiger partial charge >= 0.3 is 0 Å². The van der Waals surface area contributed by atoms with Gasteiger partial charge < -0.3 is 10.2 Å². The third-order valence-corrected chi connectivity index (χ3v) is 2.27. The standard InChI is InChI=1S/C12H12FNO/c1-7-3-12(8(2)15-7)9-4-10(13)6-11(14)5-9/h3-6H,14H2,1-2H3. The molecule has 2 aromatic rings. The molecular formula is C12H12FNO. The van der Waals surface area contributed by atoms with Crippen LogP contribution in [0.3, 0.4) is 0 Å². The molecule has 0 saturated carbocycles. The van der Waals surface area contributed by atoms with E-state index in [1.807, 2.05) is 19.9 Å². The lowest BCUT2D eigenvalue weighted by molar-refractivity contribution is 0.505. The molecule has 0 fully saturated rings. The summed E-state index contributed by atoms with van der Waals surface area (Å²) < 4.78 is 18.5. The van der Waals surface area contributed by atoms with Crippen molar-refractivity contribution < 1.29 is 8.81 Å². The maximum Gasteiger partial charge on any atom is 0.125 e. The zero-order chi connectivity index (χ0) is 11.0. The van der Waals surface area contributed by atoms with Crippen LogP contribution in [0.5, 0.6) is 0 Å². The van der Waals surface area contributed by atoms with Gasteiger partial charge in [0.15, 0.2) is 0 Å². The van der Waals surface area contributed by atoms with Gasteiger partial charge in [0.25, 0.3) is 0 Å². The van der Waals surface area contributed by atoms with E-state index in [9.17, 15) is 4.39 Å². The zero-order valence-corrected chi connectivity index (χ0v) is 8.67. The SMILES string of the molecule is Cc1cc(-c2cc(N)cc(F)c2)c(C)o1. The van der Waals surface area contributed by atoms with Gasteiger partial charge in [0.2, 0.25) is 0 Å². The van der Waals surface area contributed by atoms with Crippen LogP contribution in [0, 0.1) is 19.7 Å². The van der Waals surface area contributed by atoms with Crippen LogP contribution in [-0.2, 0) is 0 Å². The third kappa shape index (κ3) is 1.86. The Kier molecular flexibility index (Phi) is 2.23. The monoisotopic (exact) mass is 205 g/mol. The van der Waals surface area contributed by atoms with E-state index in [-0.39, 0.29) is 5.82 Å². The molecule has 2 N–H and O–H groups in total. The van der Waals surface area contributed by atoms with Gasteiger partial charge in [-0.1, -0.05) is 0 Å². The molecule has 0 saturated heterocycles. The topological polar surface area (TPSA) is 39.2 Å². The van der Waals surface area contributed by atoms with Crippen LogP contribution in [-0.4, -0.2) is 0 Å². The molecule has 78 valence electrons. The molecule has 0 atom stereocenters. The van der Waals surface area contributed by atoms with Gasteiger partial charge in [-0.2, -0.15) is 0 Å². The molecule has 0 radical (unpaired) electrons. The van der Waals surface area contributed by atoms with Gasteiger partial charge in [-0.25, -0.2) is 4.39 Å². The van der Waals surface area contributed by atoms with Crippen molar-refractivity contribution in [2.24, 2.45) is 0 Å². The van der Waals surface area contributed by atoms with Crippen LogP contribution in [0.25, 0.3) is 11.1 Å². The molecule has 1 heterocycles. The summed E-state index contributed by atoms with van der Waals surface area (Å²) in [6.45, 7) is 3.71. The highest BCUT2D eigenvalue weighted by Gasteiger charge is 2.08. The Morgan fingerprint density at radius 2 is 1.87 bits per heavy atom. The fourth-order valence-electron chi connectivity index (χ4n) is 1.69. The van der Waals surface area contributed by atoms with Crippen LogP contribution >= 0.6 is 0 Å². The Hall–Kier alpha value is -1.77. The minimum atomic E-state index is -0.330. The molecule has 2 rings (SSSR count). The Morgan fingerprint density at radius 1 is 1.13 bits per heavy atom. The number of aryl methyl sites for hydroxylation is 2. The fraction of sp³-hybridized carbons (Fsp3) is 0.167. The first kappa shape index (κ1) is 9.77. The summed E-state index contributed by atoms with van der Waals surface area (Å²) in [6.07, 6.45) is 0. The Labute approximate surface area is 87.5 Å². The molecule has 0 aliphatic carbocycles. The quantitative estimate of drug-likeness (QED) is 0.725. The highest BCUT2D eigenvalue weighted by atomic mass is 19.1. The molecule has 0 aliphatic rings. The third-order valence-electron chi connectivity index (χ3n) is 2.27. The average Bonchev–Trinajstić information content (AvgIpc) is 2.43. The maximum atomic E-state index is 13.1. The number of benzene rings is 1. The number of hydrogen-bond donors (Lipinski definition) is 1. The van der Waals surface area contributed by atoms with E-state index in [0.717, 1.165) is 22.6 Å². The first-order valence-electron chi connectivity index (χ1n) is 4.70. The summed E-state index contributed by atoms with van der Waals surface area (Å²) in [5, 5.41) is 0. The first-order valence-corrected chi connectivity index (χ1v) is 4.70. The van der Waals surface area contributed by atoms with Gasteiger partial charge in [0.05, 0.1) is 0 Å². The Balaban J connectivity index is 2.58. The average molecular weight is 205 g/mol. The molecule has 3 heteroatoms. The highest BCUT2D eigenvalue weighted by Crippen LogP contribution is 2.28. The summed E-state index contributed by atoms with van der Waals surface area (Å²) in [4.78, 5) is 0. The van der Waals surface area contributed by atoms with E-state index in [1.54, 1.807) is 6.07 Å². The molecule has 0 amide bonds. The smallest absolute Gasteiger partial charge is 0.125 e. The molecular weight excluding hydrogens is 193 g/mol. The zero-order valence-electron chi connectivity index (χ0n) is 8.67. The van der Waals surface area contributed by atoms with Crippen molar-refractivity contribution in [1.29, 1.82) is 0 Å². The van der Waals surface area contributed by atoms with Crippen molar-refractivity contribution in [3.8, 4) is 11.1 Å². The predicted octanol–water partition coefficient (Wildman–Crippen LogP) is 3.28. The van der Waals surface area contributed by atoms with Crippen molar-refractivity contribution in [2.75, 3.05) is 5.73 Å². The summed E-state index contributed by atoms with van der Waals surface area (Å²) in [5.41, 5.74) is 7.64. The first-order chi connectivity index (χ1) is 7.06. The molecule has 0 bridgehead atoms. The molecule has 0 spiro atoms. The van der Waals surface area contributed by atoms with E-state index in [2.05, 4.69) is 0 Å². The van der Waals surface area contributed by atoms with E-state index in [0.29, 0.717) is 5.69 Å². The van der Waals surface area contributed by atoms with Crippen molar-refractivity contribution >= 4 is 5.69 Å². The van der Waals surface area contributed by atoms with E-state index >= 15 is 0 Å². The summed E-state index contributed by atoms with van der Waals surface area (Å²) >= 11 is 0. The Morgan fingerprint density at radius 3 is 2.40 bits per heavy atom. The van der Waals surface area contributed by atoms with E-state index < -0.39 is 0 Å². The highest BCUT2D eigenvalue weighted by molar-refractivity contribution is 5.69. The van der Waals surface area contributed by atoms with Gasteiger partial charge in [-0.3, -0.25) is 0 Å². The Bertz CT molecular complexity index is 482. The van der Waals surface area contributed by atoms with E-state index in [1.165, 1.54) is 12.1 Å². The number of rotatable bonds is 1. The van der Waals surface area contributed by atoms with Crippen LogP contribution < -0.4 is 5.73 Å². The molecule has 0 aliphatic heterocycles. The van der Waals surface area contributed by atoms with Crippen molar-refractivity contribution in [1.82, 2.24) is 0 Å². The molecule has 1 aromatic heterocycles. The number of anilines is 1. The van der Waals surface area contributed by atoms with Crippen LogP contribution in [0.1, 0.15) is 11.5 Å². The van der Waals surface area contributed by atoms with E-state index in [4.69, 9.17) is 10.2 Å². The number of hydrogen-bond acceptors (Lipinski definition) is 2. The van der Waals surface area contributed by atoms with Crippen LogP contribution in [0.15, 0.2) is 28.7 Å². The molecule has 15 heavy (non-hydrogen) atoms. The van der Waals surface area contributed by atoms with Gasteiger partial charge in [-0.05, 0) is 43.7 Å². The van der Waals surface area contributed by atoms with Gasteiger partial charge in [-0.15, -0.1) is 0 Å². The number of nitrogen functional groups attached to an aromatic ring is 1. The van der Waals surface area contributed by atoms with Crippen molar-refractivity contribution in [3.05, 3.63) is 41.6 Å². The molecule has 1 aromatic carbocycles. The fourth-order valence-corrected chi connectivity index (χ4v) is 1.69. The summed E-state index contributed by atoms with van der Waals surface area (Å²) in [7, 11) is 0. The number of halogens is 1. The second-order valence-corrected chi connectivity index (χ2v) is 3.60. The van der Waals surface area contributed by atoms with Crippen LogP contribution in [0.4, 0.5) is 10.1 Å². The minimum Gasteiger partial charge on any atom is -0.466 e. The lowest BCUT2D eigenvalue weighted by Gasteiger charge is -2.01. The summed E-state index contributed by atoms with van der Waals surface area (Å²) in [6, 6.07) is 6.36. The van der Waals surface area contributed by atoms with Crippen molar-refractivity contribution in [2.45, 2.75) is 13.8 Å². The second kappa shape index (κ2) is 3.42. The van der Waals surface area contributed by atoms with Crippen LogP contribution in [0.2, 0.25) is 0 Å². The number of furan rings is 1. The molecule has 2 nitrogen and oxygen atoms in total. The predicted molar refractivity (Wildman–Crippen MR) is 58.0 cm³/mol. The number of nitrogens with two attached hydrogens (primary N) is 1. The maximum absolute atomic E-state index is 13.1. The molecule has 0 unspecified atom stereocenters. The lowest BCUT2D eigenvalue weighted by atomic mass is 10.1. The lowest BCUT2D eigenvalue weighted by Crippen LogP contribution is -1.88. The summed E-state index contributed by atoms with van der Waals surface area (Å²) in [5.74, 6) is 1.26. The second-order valence-electron chi connectivity index (χ2n) is 3.60. The van der Waals surface area contributed by atoms with Gasteiger partial charge in [0, 0.05) is 11.3 Å². The van der Waals surface area contributed by atoms with Crippen molar-refractivity contribution in [3.63, 3.8) is 0 Å². The largest absolute Gasteiger partial charge is 0.466 e. The minimum absolute atomic E-state index is 0.330.